The number of ether oxygens (including phenoxy) is 2. The van der Waals surface area contributed by atoms with Crippen LogP contribution in [0, 0.1) is 5.92 Å². The topological polar surface area (TPSA) is 187 Å². The molecule has 11 heteroatoms. The third-order valence-corrected chi connectivity index (χ3v) is 5.10. The van der Waals surface area contributed by atoms with Crippen LogP contribution < -0.4 is 11.1 Å². The summed E-state index contributed by atoms with van der Waals surface area (Å²) in [6.45, 7) is 0.806. The Morgan fingerprint density at radius 1 is 1.38 bits per heavy atom. The smallest absolute Gasteiger partial charge is 0.338 e. The average molecular weight is 347 g/mol. The first kappa shape index (κ1) is 17.3. The molecule has 24 heavy (non-hydrogen) atoms. The molecule has 3 aliphatic rings. The maximum absolute atomic E-state index is 12.1. The highest BCUT2D eigenvalue weighted by Crippen LogP contribution is 2.49. The van der Waals surface area contributed by atoms with Gasteiger partial charge >= 0.3 is 5.97 Å². The molecular formula is C13H21N3O8. The standard InChI is InChI=1S/C13H21N3O8/c1-2-23-9-4-5(18)12(22,3-17)8-6(19)13(4,16-11(14)15-9)7(20)10(21)24-8/h4-9,17-20,22H,2-3H2,1H3,(H3,14,15,16)/t4-,5+,6?,7-,8-,9-,12+,13?/m1/s1. The molecule has 8 atom stereocenters. The maximum atomic E-state index is 12.1. The lowest BCUT2D eigenvalue weighted by Crippen LogP contribution is -2.88. The van der Waals surface area contributed by atoms with Crippen LogP contribution in [0.1, 0.15) is 6.92 Å². The van der Waals surface area contributed by atoms with Crippen LogP contribution in [0.4, 0.5) is 0 Å². The van der Waals surface area contributed by atoms with Crippen molar-refractivity contribution in [3.05, 3.63) is 0 Å². The summed E-state index contributed by atoms with van der Waals surface area (Å²) < 4.78 is 10.3. The van der Waals surface area contributed by atoms with Crippen LogP contribution >= 0.6 is 0 Å². The van der Waals surface area contributed by atoms with Gasteiger partial charge in [-0.15, -0.1) is 0 Å². The van der Waals surface area contributed by atoms with E-state index in [9.17, 15) is 30.3 Å². The Balaban J connectivity index is 2.20. The average Bonchev–Trinajstić information content (AvgIpc) is 2.54. The van der Waals surface area contributed by atoms with Crippen LogP contribution in [0.2, 0.25) is 0 Å². The lowest BCUT2D eigenvalue weighted by Gasteiger charge is -2.62. The molecule has 2 heterocycles. The molecule has 0 aromatic heterocycles. The van der Waals surface area contributed by atoms with Gasteiger partial charge in [-0.05, 0) is 6.92 Å². The van der Waals surface area contributed by atoms with E-state index in [2.05, 4.69) is 10.3 Å². The summed E-state index contributed by atoms with van der Waals surface area (Å²) in [6.07, 6.45) is -8.17. The van der Waals surface area contributed by atoms with Gasteiger partial charge in [-0.1, -0.05) is 0 Å². The second kappa shape index (κ2) is 5.51. The fraction of sp³-hybridized carbons (Fsp3) is 0.846. The third-order valence-electron chi connectivity index (χ3n) is 5.10. The number of guanidine groups is 1. The largest absolute Gasteiger partial charge is 0.454 e. The summed E-state index contributed by atoms with van der Waals surface area (Å²) in [7, 11) is 0. The number of nitrogens with one attached hydrogen (secondary N) is 1. The van der Waals surface area contributed by atoms with Crippen LogP contribution in [0.3, 0.4) is 0 Å². The van der Waals surface area contributed by atoms with Gasteiger partial charge in [0, 0.05) is 6.61 Å². The minimum atomic E-state index is -2.36. The third kappa shape index (κ3) is 1.93. The molecule has 1 spiro atoms. The van der Waals surface area contributed by atoms with E-state index in [1.54, 1.807) is 6.92 Å². The van der Waals surface area contributed by atoms with E-state index in [0.717, 1.165) is 0 Å². The Kier molecular flexibility index (Phi) is 3.98. The Bertz CT molecular complexity index is 573. The number of hydrogen-bond donors (Lipinski definition) is 7. The summed E-state index contributed by atoms with van der Waals surface area (Å²) in [5, 5.41) is 54.5. The number of nitrogens with zero attached hydrogens (tertiary/aromatic N) is 1. The summed E-state index contributed by atoms with van der Waals surface area (Å²) in [5.41, 5.74) is 1.46. The monoisotopic (exact) mass is 347 g/mol. The van der Waals surface area contributed by atoms with Crippen molar-refractivity contribution in [1.82, 2.24) is 5.32 Å². The molecule has 0 aromatic rings. The van der Waals surface area contributed by atoms with Crippen molar-refractivity contribution in [1.29, 1.82) is 0 Å². The highest BCUT2D eigenvalue weighted by Gasteiger charge is 2.75. The molecule has 2 fully saturated rings. The van der Waals surface area contributed by atoms with E-state index in [1.165, 1.54) is 0 Å². The Hall–Kier alpha value is -1.50. The number of nitrogens with two attached hydrogens (primary N) is 1. The molecule has 1 saturated heterocycles. The van der Waals surface area contributed by atoms with Crippen LogP contribution in [-0.4, -0.2) is 92.5 Å². The van der Waals surface area contributed by atoms with Gasteiger partial charge in [-0.25, -0.2) is 9.79 Å². The second-order valence-corrected chi connectivity index (χ2v) is 6.24. The first-order chi connectivity index (χ1) is 11.2. The molecule has 2 bridgehead atoms. The molecular weight excluding hydrogens is 326 g/mol. The quantitative estimate of drug-likeness (QED) is 0.245. The van der Waals surface area contributed by atoms with Gasteiger partial charge in [-0.3, -0.25) is 0 Å². The van der Waals surface area contributed by atoms with Crippen LogP contribution in [-0.2, 0) is 14.3 Å². The summed E-state index contributed by atoms with van der Waals surface area (Å²) in [5.74, 6) is -2.62. The lowest BCUT2D eigenvalue weighted by atomic mass is 9.57. The highest BCUT2D eigenvalue weighted by atomic mass is 16.6. The molecule has 0 aromatic carbocycles. The Labute approximate surface area is 136 Å². The zero-order valence-corrected chi connectivity index (χ0v) is 12.9. The van der Waals surface area contributed by atoms with Crippen molar-refractivity contribution in [3.63, 3.8) is 0 Å². The summed E-state index contributed by atoms with van der Waals surface area (Å²) >= 11 is 0. The van der Waals surface area contributed by atoms with Crippen LogP contribution in [0.5, 0.6) is 0 Å². The molecule has 2 aliphatic heterocycles. The van der Waals surface area contributed by atoms with E-state index >= 15 is 0 Å². The zero-order valence-electron chi connectivity index (χ0n) is 12.9. The minimum absolute atomic E-state index is 0.151. The SMILES string of the molecule is CCO[C@H]1N=C(N)NC23C(O)[C@@H](OC(=O)[C@H]2O)[C@](O)(CO)[C@@H](O)[C@H]13. The normalized spacial score (nSPS) is 50.4. The van der Waals surface area contributed by atoms with E-state index in [4.69, 9.17) is 15.2 Å². The molecule has 0 amide bonds. The van der Waals surface area contributed by atoms with Gasteiger partial charge in [0.25, 0.3) is 0 Å². The zero-order chi connectivity index (χ0) is 17.9. The number of carbonyl (C=O) groups excluding carboxylic acids is 1. The maximum Gasteiger partial charge on any atom is 0.338 e. The fourth-order valence-corrected chi connectivity index (χ4v) is 3.94. The van der Waals surface area contributed by atoms with E-state index in [1.807, 2.05) is 0 Å². The molecule has 2 unspecified atom stereocenters. The first-order valence-electron chi connectivity index (χ1n) is 7.55. The van der Waals surface area contributed by atoms with Gasteiger partial charge in [0.15, 0.2) is 30.0 Å². The number of aliphatic imine (C=N–C) groups is 1. The Morgan fingerprint density at radius 2 is 2.04 bits per heavy atom. The number of hydrogen-bond acceptors (Lipinski definition) is 11. The predicted octanol–water partition coefficient (Wildman–Crippen LogP) is -4.63. The van der Waals surface area contributed by atoms with Crippen molar-refractivity contribution >= 4 is 11.9 Å². The first-order valence-corrected chi connectivity index (χ1v) is 7.55. The summed E-state index contributed by atoms with van der Waals surface area (Å²) in [6, 6.07) is 0. The lowest BCUT2D eigenvalue weighted by molar-refractivity contribution is -0.311. The van der Waals surface area contributed by atoms with Crippen LogP contribution in [0.25, 0.3) is 0 Å². The fourth-order valence-electron chi connectivity index (χ4n) is 3.94. The van der Waals surface area contributed by atoms with Gasteiger partial charge < -0.3 is 46.1 Å². The van der Waals surface area contributed by atoms with Gasteiger partial charge in [-0.2, -0.15) is 0 Å². The van der Waals surface area contributed by atoms with Crippen molar-refractivity contribution in [3.8, 4) is 0 Å². The van der Waals surface area contributed by atoms with E-state index in [0.29, 0.717) is 0 Å². The number of aliphatic hydroxyl groups excluding tert-OH is 4. The van der Waals surface area contributed by atoms with Gasteiger partial charge in [0.1, 0.15) is 11.6 Å². The minimum Gasteiger partial charge on any atom is -0.454 e. The summed E-state index contributed by atoms with van der Waals surface area (Å²) in [4.78, 5) is 16.0. The van der Waals surface area contributed by atoms with E-state index in [-0.39, 0.29) is 12.6 Å². The molecule has 0 radical (unpaired) electrons. The van der Waals surface area contributed by atoms with Gasteiger partial charge in [0.2, 0.25) is 0 Å². The number of aliphatic hydroxyl groups is 5. The molecule has 136 valence electrons. The van der Waals surface area contributed by atoms with Crippen molar-refractivity contribution in [2.45, 2.75) is 48.7 Å². The molecule has 1 aliphatic carbocycles. The van der Waals surface area contributed by atoms with Crippen molar-refractivity contribution in [2.75, 3.05) is 13.2 Å². The molecule has 1 saturated carbocycles. The predicted molar refractivity (Wildman–Crippen MR) is 76.3 cm³/mol. The number of rotatable bonds is 3. The number of esters is 1. The Morgan fingerprint density at radius 3 is 2.62 bits per heavy atom. The van der Waals surface area contributed by atoms with Crippen LogP contribution in [0.15, 0.2) is 4.99 Å². The molecule has 3 rings (SSSR count). The molecule has 11 nitrogen and oxygen atoms in total. The number of carbonyl (C=O) groups is 1. The molecule has 8 N–H and O–H groups in total. The van der Waals surface area contributed by atoms with Gasteiger partial charge in [0.05, 0.1) is 18.6 Å². The van der Waals surface area contributed by atoms with E-state index < -0.39 is 60.3 Å². The van der Waals surface area contributed by atoms with Crippen molar-refractivity contribution < 1.29 is 39.8 Å². The second-order valence-electron chi connectivity index (χ2n) is 6.24. The highest BCUT2D eigenvalue weighted by molar-refractivity contribution is 5.85. The number of fused-ring (bicyclic) bond motifs is 1. The van der Waals surface area contributed by atoms with Crippen molar-refractivity contribution in [2.24, 2.45) is 16.6 Å².